The molecule has 1 saturated heterocycles. The van der Waals surface area contributed by atoms with E-state index in [-0.39, 0.29) is 24.5 Å². The third kappa shape index (κ3) is 3.97. The molecule has 5 heteroatoms. The van der Waals surface area contributed by atoms with Gasteiger partial charge in [0, 0.05) is 6.54 Å². The van der Waals surface area contributed by atoms with Gasteiger partial charge in [0.2, 0.25) is 5.91 Å². The lowest BCUT2D eigenvalue weighted by Gasteiger charge is -2.32. The van der Waals surface area contributed by atoms with Gasteiger partial charge in [0.15, 0.2) is 0 Å². The van der Waals surface area contributed by atoms with Crippen molar-refractivity contribution in [1.82, 2.24) is 10.2 Å². The standard InChI is InChI=1S/C13H23N3O2/c1-10(2)13(3,9-14)15-12(18)8-16-6-4-5-11(17)7-16/h10-11,17H,4-8H2,1-3H3,(H,15,18)/t11-,13-/m0/s1. The van der Waals surface area contributed by atoms with E-state index in [1.165, 1.54) is 0 Å². The molecule has 0 bridgehead atoms. The summed E-state index contributed by atoms with van der Waals surface area (Å²) in [5.41, 5.74) is -0.828. The van der Waals surface area contributed by atoms with Crippen LogP contribution >= 0.6 is 0 Å². The summed E-state index contributed by atoms with van der Waals surface area (Å²) in [6, 6.07) is 2.15. The van der Waals surface area contributed by atoms with E-state index in [1.807, 2.05) is 18.7 Å². The van der Waals surface area contributed by atoms with Crippen LogP contribution < -0.4 is 5.32 Å². The van der Waals surface area contributed by atoms with Gasteiger partial charge in [-0.2, -0.15) is 5.26 Å². The Morgan fingerprint density at radius 2 is 2.33 bits per heavy atom. The summed E-state index contributed by atoms with van der Waals surface area (Å²) >= 11 is 0. The van der Waals surface area contributed by atoms with Gasteiger partial charge >= 0.3 is 0 Å². The Bertz CT molecular complexity index is 338. The fourth-order valence-corrected chi connectivity index (χ4v) is 2.01. The van der Waals surface area contributed by atoms with Crippen LogP contribution in [0.5, 0.6) is 0 Å². The highest BCUT2D eigenvalue weighted by Gasteiger charge is 2.30. The monoisotopic (exact) mass is 253 g/mol. The Balaban J connectivity index is 2.48. The number of carbonyl (C=O) groups excluding carboxylic acids is 1. The number of nitriles is 1. The minimum Gasteiger partial charge on any atom is -0.392 e. The minimum absolute atomic E-state index is 0.0541. The number of carbonyl (C=O) groups is 1. The van der Waals surface area contributed by atoms with Crippen molar-refractivity contribution in [2.75, 3.05) is 19.6 Å². The molecule has 1 aliphatic heterocycles. The first-order valence-corrected chi connectivity index (χ1v) is 6.50. The molecule has 0 saturated carbocycles. The van der Waals surface area contributed by atoms with E-state index in [0.717, 1.165) is 19.4 Å². The van der Waals surface area contributed by atoms with Crippen molar-refractivity contribution in [2.45, 2.75) is 45.3 Å². The van der Waals surface area contributed by atoms with Crippen LogP contribution in [0.3, 0.4) is 0 Å². The van der Waals surface area contributed by atoms with E-state index in [9.17, 15) is 9.90 Å². The summed E-state index contributed by atoms with van der Waals surface area (Å²) in [6.07, 6.45) is 1.38. The highest BCUT2D eigenvalue weighted by atomic mass is 16.3. The maximum atomic E-state index is 11.9. The summed E-state index contributed by atoms with van der Waals surface area (Å²) < 4.78 is 0. The quantitative estimate of drug-likeness (QED) is 0.765. The maximum absolute atomic E-state index is 11.9. The van der Waals surface area contributed by atoms with Crippen molar-refractivity contribution in [2.24, 2.45) is 5.92 Å². The zero-order chi connectivity index (χ0) is 13.8. The van der Waals surface area contributed by atoms with Crippen LogP contribution in [0.15, 0.2) is 0 Å². The van der Waals surface area contributed by atoms with Gasteiger partial charge in [0.25, 0.3) is 0 Å². The topological polar surface area (TPSA) is 76.4 Å². The number of nitrogens with zero attached hydrogens (tertiary/aromatic N) is 2. The molecule has 18 heavy (non-hydrogen) atoms. The SMILES string of the molecule is CC(C)[C@](C)(C#N)NC(=O)CN1CCC[C@H](O)C1. The lowest BCUT2D eigenvalue weighted by molar-refractivity contribution is -0.124. The van der Waals surface area contributed by atoms with Gasteiger partial charge in [-0.25, -0.2) is 0 Å². The highest BCUT2D eigenvalue weighted by Crippen LogP contribution is 2.15. The number of likely N-dealkylation sites (tertiary alicyclic amines) is 1. The number of aliphatic hydroxyl groups is 1. The average Bonchev–Trinajstić information content (AvgIpc) is 2.28. The number of piperidine rings is 1. The van der Waals surface area contributed by atoms with Crippen LogP contribution in [0.2, 0.25) is 0 Å². The maximum Gasteiger partial charge on any atom is 0.235 e. The normalized spacial score (nSPS) is 24.3. The van der Waals surface area contributed by atoms with Crippen molar-refractivity contribution in [3.05, 3.63) is 0 Å². The van der Waals surface area contributed by atoms with E-state index in [4.69, 9.17) is 5.26 Å². The number of nitrogens with one attached hydrogen (secondary N) is 1. The predicted molar refractivity (Wildman–Crippen MR) is 68.7 cm³/mol. The summed E-state index contributed by atoms with van der Waals surface area (Å²) in [5, 5.41) is 21.4. The van der Waals surface area contributed by atoms with E-state index in [1.54, 1.807) is 6.92 Å². The smallest absolute Gasteiger partial charge is 0.235 e. The number of aliphatic hydroxyl groups excluding tert-OH is 1. The Labute approximate surface area is 109 Å². The fourth-order valence-electron chi connectivity index (χ4n) is 2.01. The Morgan fingerprint density at radius 1 is 1.67 bits per heavy atom. The molecule has 0 spiro atoms. The summed E-state index contributed by atoms with van der Waals surface area (Å²) in [7, 11) is 0. The van der Waals surface area contributed by atoms with E-state index >= 15 is 0 Å². The molecule has 1 aliphatic rings. The number of β-amino-alcohol motifs (C(OH)–C–C–N with tert-alkyl or cyclic N) is 1. The predicted octanol–water partition coefficient (Wildman–Crippen LogP) is 0.498. The number of hydrogen-bond donors (Lipinski definition) is 2. The molecule has 0 aromatic carbocycles. The molecule has 1 rings (SSSR count). The van der Waals surface area contributed by atoms with Crippen molar-refractivity contribution in [3.63, 3.8) is 0 Å². The van der Waals surface area contributed by atoms with Crippen LogP contribution in [0, 0.1) is 17.2 Å². The molecule has 0 radical (unpaired) electrons. The summed E-state index contributed by atoms with van der Waals surface area (Å²) in [5.74, 6) is -0.0970. The first-order chi connectivity index (χ1) is 8.37. The van der Waals surface area contributed by atoms with Gasteiger partial charge < -0.3 is 10.4 Å². The Hall–Kier alpha value is -1.12. The molecular weight excluding hydrogens is 230 g/mol. The van der Waals surface area contributed by atoms with Gasteiger partial charge in [-0.15, -0.1) is 0 Å². The zero-order valence-electron chi connectivity index (χ0n) is 11.4. The molecule has 0 aromatic rings. The largest absolute Gasteiger partial charge is 0.392 e. The second-order valence-corrected chi connectivity index (χ2v) is 5.55. The van der Waals surface area contributed by atoms with Gasteiger partial charge in [0.1, 0.15) is 5.54 Å². The first kappa shape index (κ1) is 14.9. The second kappa shape index (κ2) is 6.17. The van der Waals surface area contributed by atoms with Crippen LogP contribution in [0.25, 0.3) is 0 Å². The van der Waals surface area contributed by atoms with E-state index in [2.05, 4.69) is 11.4 Å². The van der Waals surface area contributed by atoms with Crippen molar-refractivity contribution < 1.29 is 9.90 Å². The first-order valence-electron chi connectivity index (χ1n) is 6.50. The molecule has 5 nitrogen and oxygen atoms in total. The zero-order valence-corrected chi connectivity index (χ0v) is 11.4. The van der Waals surface area contributed by atoms with Crippen LogP contribution in [-0.4, -0.2) is 47.2 Å². The second-order valence-electron chi connectivity index (χ2n) is 5.55. The van der Waals surface area contributed by atoms with E-state index in [0.29, 0.717) is 6.54 Å². The highest BCUT2D eigenvalue weighted by molar-refractivity contribution is 5.79. The molecule has 1 fully saturated rings. The van der Waals surface area contributed by atoms with Crippen LogP contribution in [-0.2, 0) is 4.79 Å². The number of rotatable bonds is 4. The molecule has 0 unspecified atom stereocenters. The molecule has 2 atom stereocenters. The van der Waals surface area contributed by atoms with Crippen molar-refractivity contribution >= 4 is 5.91 Å². The summed E-state index contributed by atoms with van der Waals surface area (Å²) in [4.78, 5) is 13.8. The molecular formula is C13H23N3O2. The van der Waals surface area contributed by atoms with Gasteiger partial charge in [-0.1, -0.05) is 13.8 Å². The molecule has 0 aromatic heterocycles. The molecule has 2 N–H and O–H groups in total. The molecule has 102 valence electrons. The van der Waals surface area contributed by atoms with Crippen molar-refractivity contribution in [3.8, 4) is 6.07 Å². The fraction of sp³-hybridized carbons (Fsp3) is 0.846. The van der Waals surface area contributed by atoms with Gasteiger partial charge in [-0.05, 0) is 32.2 Å². The van der Waals surface area contributed by atoms with Crippen LogP contribution in [0.1, 0.15) is 33.6 Å². The minimum atomic E-state index is -0.828. The van der Waals surface area contributed by atoms with E-state index < -0.39 is 5.54 Å². The van der Waals surface area contributed by atoms with Gasteiger partial charge in [0.05, 0.1) is 18.7 Å². The summed E-state index contributed by atoms with van der Waals surface area (Å²) in [6.45, 7) is 7.18. The molecule has 0 aliphatic carbocycles. The average molecular weight is 253 g/mol. The molecule has 1 heterocycles. The van der Waals surface area contributed by atoms with Crippen molar-refractivity contribution in [1.29, 1.82) is 5.26 Å². The Morgan fingerprint density at radius 3 is 2.83 bits per heavy atom. The third-order valence-corrected chi connectivity index (χ3v) is 3.63. The number of hydrogen-bond acceptors (Lipinski definition) is 4. The Kier molecular flexibility index (Phi) is 5.12. The lowest BCUT2D eigenvalue weighted by atomic mass is 9.90. The number of amides is 1. The van der Waals surface area contributed by atoms with Gasteiger partial charge in [-0.3, -0.25) is 9.69 Å². The lowest BCUT2D eigenvalue weighted by Crippen LogP contribution is -2.53. The third-order valence-electron chi connectivity index (χ3n) is 3.63. The van der Waals surface area contributed by atoms with Crippen LogP contribution in [0.4, 0.5) is 0 Å². The molecule has 1 amide bonds.